The highest BCUT2D eigenvalue weighted by Crippen LogP contribution is 2.30. The first-order valence-corrected chi connectivity index (χ1v) is 8.45. The van der Waals surface area contributed by atoms with E-state index in [9.17, 15) is 14.9 Å². The molecule has 0 saturated carbocycles. The molecule has 2 rings (SSSR count). The molecule has 2 aromatic rings. The molecule has 0 aromatic heterocycles. The summed E-state index contributed by atoms with van der Waals surface area (Å²) in [7, 11) is 0. The monoisotopic (exact) mass is 356 g/mol. The Kier molecular flexibility index (Phi) is 5.97. The third-order valence-corrected chi connectivity index (χ3v) is 4.00. The molecule has 26 heavy (non-hydrogen) atoms. The Morgan fingerprint density at radius 1 is 1.19 bits per heavy atom. The number of amides is 1. The van der Waals surface area contributed by atoms with E-state index in [-0.39, 0.29) is 17.0 Å². The van der Waals surface area contributed by atoms with Crippen molar-refractivity contribution in [1.29, 1.82) is 0 Å². The van der Waals surface area contributed by atoms with Gasteiger partial charge in [-0.3, -0.25) is 14.9 Å². The molecular weight excluding hydrogens is 332 g/mol. The Balaban J connectivity index is 1.92. The molecule has 6 nitrogen and oxygen atoms in total. The zero-order chi connectivity index (χ0) is 19.3. The standard InChI is InChI=1S/C20H24N2O4/c1-14-13-15(9-10-17(14)22(24)25)19(23)21-11-12-26-18-8-6-5-7-16(18)20(2,3)4/h5-10,13H,11-12H2,1-4H3,(H,21,23). The number of nitrogens with zero attached hydrogens (tertiary/aromatic N) is 1. The molecule has 0 saturated heterocycles. The highest BCUT2D eigenvalue weighted by atomic mass is 16.6. The first kappa shape index (κ1) is 19.4. The Morgan fingerprint density at radius 3 is 2.50 bits per heavy atom. The molecular formula is C20H24N2O4. The van der Waals surface area contributed by atoms with E-state index in [1.807, 2.05) is 24.3 Å². The predicted molar refractivity (Wildman–Crippen MR) is 101 cm³/mol. The van der Waals surface area contributed by atoms with Gasteiger partial charge in [0, 0.05) is 17.2 Å². The summed E-state index contributed by atoms with van der Waals surface area (Å²) in [6.07, 6.45) is 0. The van der Waals surface area contributed by atoms with Crippen molar-refractivity contribution >= 4 is 11.6 Å². The summed E-state index contributed by atoms with van der Waals surface area (Å²) in [6.45, 7) is 8.65. The van der Waals surface area contributed by atoms with Crippen LogP contribution in [0.1, 0.15) is 42.3 Å². The fourth-order valence-corrected chi connectivity index (χ4v) is 2.64. The summed E-state index contributed by atoms with van der Waals surface area (Å²) in [5.74, 6) is 0.524. The van der Waals surface area contributed by atoms with Gasteiger partial charge in [-0.2, -0.15) is 0 Å². The summed E-state index contributed by atoms with van der Waals surface area (Å²) in [5, 5.41) is 13.6. The molecule has 0 bridgehead atoms. The van der Waals surface area contributed by atoms with Crippen LogP contribution >= 0.6 is 0 Å². The number of ether oxygens (including phenoxy) is 1. The second kappa shape index (κ2) is 7.99. The van der Waals surface area contributed by atoms with Gasteiger partial charge in [-0.1, -0.05) is 39.0 Å². The molecule has 1 N–H and O–H groups in total. The van der Waals surface area contributed by atoms with Crippen molar-refractivity contribution in [3.8, 4) is 5.75 Å². The number of carbonyl (C=O) groups is 1. The number of nitro groups is 1. The maximum absolute atomic E-state index is 12.2. The number of benzene rings is 2. The maximum Gasteiger partial charge on any atom is 0.272 e. The van der Waals surface area contributed by atoms with E-state index >= 15 is 0 Å². The average molecular weight is 356 g/mol. The zero-order valence-electron chi connectivity index (χ0n) is 15.5. The maximum atomic E-state index is 12.2. The minimum atomic E-state index is -0.461. The molecule has 0 heterocycles. The topological polar surface area (TPSA) is 81.5 Å². The average Bonchev–Trinajstić information content (AvgIpc) is 2.57. The molecule has 6 heteroatoms. The van der Waals surface area contributed by atoms with Gasteiger partial charge in [0.1, 0.15) is 12.4 Å². The predicted octanol–water partition coefficient (Wildman–Crippen LogP) is 4.01. The second-order valence-corrected chi connectivity index (χ2v) is 7.11. The highest BCUT2D eigenvalue weighted by Gasteiger charge is 2.18. The van der Waals surface area contributed by atoms with E-state index in [4.69, 9.17) is 4.74 Å². The molecule has 0 fully saturated rings. The highest BCUT2D eigenvalue weighted by molar-refractivity contribution is 5.94. The lowest BCUT2D eigenvalue weighted by molar-refractivity contribution is -0.385. The number of hydrogen-bond donors (Lipinski definition) is 1. The van der Waals surface area contributed by atoms with Crippen molar-refractivity contribution in [2.24, 2.45) is 0 Å². The first-order chi connectivity index (χ1) is 12.2. The Morgan fingerprint density at radius 2 is 1.88 bits per heavy atom. The van der Waals surface area contributed by atoms with Crippen LogP contribution in [0.3, 0.4) is 0 Å². The molecule has 0 spiro atoms. The van der Waals surface area contributed by atoms with Crippen LogP contribution in [-0.2, 0) is 5.41 Å². The number of nitro benzene ring substituents is 1. The van der Waals surface area contributed by atoms with Gasteiger partial charge in [-0.05, 0) is 36.1 Å². The molecule has 0 unspecified atom stereocenters. The van der Waals surface area contributed by atoms with E-state index in [0.29, 0.717) is 24.3 Å². The van der Waals surface area contributed by atoms with E-state index in [1.165, 1.54) is 18.2 Å². The molecule has 1 amide bonds. The van der Waals surface area contributed by atoms with Gasteiger partial charge in [0.25, 0.3) is 11.6 Å². The van der Waals surface area contributed by atoms with Crippen molar-refractivity contribution in [2.45, 2.75) is 33.1 Å². The number of aryl methyl sites for hydroxylation is 1. The number of hydrogen-bond acceptors (Lipinski definition) is 4. The number of carbonyl (C=O) groups excluding carboxylic acids is 1. The van der Waals surface area contributed by atoms with Crippen LogP contribution in [0.5, 0.6) is 5.75 Å². The van der Waals surface area contributed by atoms with E-state index in [1.54, 1.807) is 6.92 Å². The SMILES string of the molecule is Cc1cc(C(=O)NCCOc2ccccc2C(C)(C)C)ccc1[N+](=O)[O-]. The van der Waals surface area contributed by atoms with Crippen LogP contribution in [0.4, 0.5) is 5.69 Å². The van der Waals surface area contributed by atoms with Gasteiger partial charge in [0.05, 0.1) is 11.5 Å². The summed E-state index contributed by atoms with van der Waals surface area (Å²) in [5.41, 5.74) is 1.93. The summed E-state index contributed by atoms with van der Waals surface area (Å²) in [6, 6.07) is 12.2. The second-order valence-electron chi connectivity index (χ2n) is 7.11. The molecule has 0 aliphatic heterocycles. The van der Waals surface area contributed by atoms with Gasteiger partial charge in [0.2, 0.25) is 0 Å². The van der Waals surface area contributed by atoms with Crippen LogP contribution in [0.15, 0.2) is 42.5 Å². The van der Waals surface area contributed by atoms with Crippen LogP contribution < -0.4 is 10.1 Å². The van der Waals surface area contributed by atoms with Gasteiger partial charge in [-0.15, -0.1) is 0 Å². The molecule has 138 valence electrons. The lowest BCUT2D eigenvalue weighted by Gasteiger charge is -2.22. The molecule has 0 aliphatic rings. The smallest absolute Gasteiger partial charge is 0.272 e. The van der Waals surface area contributed by atoms with Gasteiger partial charge >= 0.3 is 0 Å². The summed E-state index contributed by atoms with van der Waals surface area (Å²) >= 11 is 0. The lowest BCUT2D eigenvalue weighted by atomic mass is 9.86. The Labute approximate surface area is 153 Å². The normalized spacial score (nSPS) is 11.1. The molecule has 0 atom stereocenters. The van der Waals surface area contributed by atoms with Crippen LogP contribution in [0.2, 0.25) is 0 Å². The van der Waals surface area contributed by atoms with Gasteiger partial charge in [0.15, 0.2) is 0 Å². The van der Waals surface area contributed by atoms with Crippen molar-refractivity contribution in [1.82, 2.24) is 5.32 Å². The Bertz CT molecular complexity index is 810. The van der Waals surface area contributed by atoms with E-state index in [0.717, 1.165) is 11.3 Å². The van der Waals surface area contributed by atoms with E-state index < -0.39 is 4.92 Å². The van der Waals surface area contributed by atoms with Crippen LogP contribution in [0, 0.1) is 17.0 Å². The first-order valence-electron chi connectivity index (χ1n) is 8.45. The van der Waals surface area contributed by atoms with Crippen molar-refractivity contribution in [3.63, 3.8) is 0 Å². The molecule has 0 radical (unpaired) electrons. The molecule has 0 aliphatic carbocycles. The van der Waals surface area contributed by atoms with Crippen molar-refractivity contribution in [2.75, 3.05) is 13.2 Å². The summed E-state index contributed by atoms with van der Waals surface area (Å²) < 4.78 is 5.82. The number of para-hydroxylation sites is 1. The van der Waals surface area contributed by atoms with Gasteiger partial charge < -0.3 is 10.1 Å². The third kappa shape index (κ3) is 4.81. The van der Waals surface area contributed by atoms with Crippen LogP contribution in [-0.4, -0.2) is 24.0 Å². The van der Waals surface area contributed by atoms with Crippen LogP contribution in [0.25, 0.3) is 0 Å². The lowest BCUT2D eigenvalue weighted by Crippen LogP contribution is -2.28. The number of nitrogens with one attached hydrogen (secondary N) is 1. The molecule has 2 aromatic carbocycles. The summed E-state index contributed by atoms with van der Waals surface area (Å²) in [4.78, 5) is 22.6. The fraction of sp³-hybridized carbons (Fsp3) is 0.350. The zero-order valence-corrected chi connectivity index (χ0v) is 15.5. The van der Waals surface area contributed by atoms with Crippen molar-refractivity contribution in [3.05, 3.63) is 69.3 Å². The minimum Gasteiger partial charge on any atom is -0.491 e. The fourth-order valence-electron chi connectivity index (χ4n) is 2.64. The van der Waals surface area contributed by atoms with Crippen molar-refractivity contribution < 1.29 is 14.5 Å². The quantitative estimate of drug-likeness (QED) is 0.482. The van der Waals surface area contributed by atoms with Gasteiger partial charge in [-0.25, -0.2) is 0 Å². The largest absolute Gasteiger partial charge is 0.491 e. The Hall–Kier alpha value is -2.89. The van der Waals surface area contributed by atoms with E-state index in [2.05, 4.69) is 26.1 Å². The minimum absolute atomic E-state index is 0.00340. The third-order valence-electron chi connectivity index (χ3n) is 4.00. The number of rotatable bonds is 6.